The van der Waals surface area contributed by atoms with Crippen molar-refractivity contribution in [1.29, 1.82) is 0 Å². The number of hydrogen-bond acceptors (Lipinski definition) is 2. The first-order valence-corrected chi connectivity index (χ1v) is 5.66. The summed E-state index contributed by atoms with van der Waals surface area (Å²) in [5, 5.41) is 0. The number of carbonyl (C=O) groups excluding carboxylic acids is 1. The molecule has 98 valence electrons. The molecule has 0 heterocycles. The van der Waals surface area contributed by atoms with E-state index in [0.29, 0.717) is 16.9 Å². The molecule has 0 N–H and O–H groups in total. The standard InChI is InChI=1S/C15H12F2O2/c1-19-12-8-6-11(7-9-12)13-4-2-3-5-14(13)15(16,17)10-18/h2-10H,1H3. The van der Waals surface area contributed by atoms with Crippen LogP contribution in [0.2, 0.25) is 0 Å². The van der Waals surface area contributed by atoms with E-state index in [4.69, 9.17) is 4.74 Å². The lowest BCUT2D eigenvalue weighted by molar-refractivity contribution is -0.130. The highest BCUT2D eigenvalue weighted by Crippen LogP contribution is 2.34. The molecule has 2 nitrogen and oxygen atoms in total. The molecule has 0 spiro atoms. The zero-order valence-corrected chi connectivity index (χ0v) is 10.3. The summed E-state index contributed by atoms with van der Waals surface area (Å²) in [5.74, 6) is -2.85. The maximum atomic E-state index is 13.6. The Labute approximate surface area is 109 Å². The second-order valence-electron chi connectivity index (χ2n) is 4.01. The number of rotatable bonds is 4. The lowest BCUT2D eigenvalue weighted by Crippen LogP contribution is -2.16. The van der Waals surface area contributed by atoms with Crippen molar-refractivity contribution in [3.8, 4) is 16.9 Å². The predicted molar refractivity (Wildman–Crippen MR) is 68.4 cm³/mol. The number of ether oxygens (including phenoxy) is 1. The van der Waals surface area contributed by atoms with Gasteiger partial charge in [-0.15, -0.1) is 0 Å². The van der Waals surface area contributed by atoms with Gasteiger partial charge >= 0.3 is 5.92 Å². The second kappa shape index (κ2) is 5.18. The maximum absolute atomic E-state index is 13.6. The molecule has 0 atom stereocenters. The van der Waals surface area contributed by atoms with Gasteiger partial charge in [0, 0.05) is 5.56 Å². The van der Waals surface area contributed by atoms with Crippen LogP contribution in [0.15, 0.2) is 48.5 Å². The summed E-state index contributed by atoms with van der Waals surface area (Å²) in [6.45, 7) is 0. The van der Waals surface area contributed by atoms with Crippen LogP contribution in [-0.4, -0.2) is 13.4 Å². The first-order chi connectivity index (χ1) is 9.08. The third kappa shape index (κ3) is 2.62. The highest BCUT2D eigenvalue weighted by molar-refractivity contribution is 5.75. The molecular weight excluding hydrogens is 250 g/mol. The fraction of sp³-hybridized carbons (Fsp3) is 0.133. The maximum Gasteiger partial charge on any atom is 0.328 e. The van der Waals surface area contributed by atoms with Gasteiger partial charge in [0.15, 0.2) is 6.29 Å². The van der Waals surface area contributed by atoms with Crippen LogP contribution in [0.4, 0.5) is 8.78 Å². The second-order valence-corrected chi connectivity index (χ2v) is 4.01. The van der Waals surface area contributed by atoms with Gasteiger partial charge in [0.05, 0.1) is 7.11 Å². The minimum atomic E-state index is -3.49. The van der Waals surface area contributed by atoms with E-state index in [9.17, 15) is 13.6 Å². The lowest BCUT2D eigenvalue weighted by atomic mass is 9.96. The van der Waals surface area contributed by atoms with Gasteiger partial charge in [0.2, 0.25) is 0 Å². The average molecular weight is 262 g/mol. The Morgan fingerprint density at radius 3 is 2.26 bits per heavy atom. The molecule has 0 aliphatic rings. The van der Waals surface area contributed by atoms with Crippen molar-refractivity contribution in [3.05, 3.63) is 54.1 Å². The third-order valence-electron chi connectivity index (χ3n) is 2.84. The van der Waals surface area contributed by atoms with Crippen molar-refractivity contribution in [2.45, 2.75) is 5.92 Å². The molecule has 0 aliphatic heterocycles. The van der Waals surface area contributed by atoms with E-state index in [1.54, 1.807) is 36.4 Å². The molecule has 0 radical (unpaired) electrons. The van der Waals surface area contributed by atoms with Crippen LogP contribution in [0.25, 0.3) is 11.1 Å². The van der Waals surface area contributed by atoms with Gasteiger partial charge < -0.3 is 4.74 Å². The molecule has 0 bridgehead atoms. The van der Waals surface area contributed by atoms with Gasteiger partial charge in [-0.1, -0.05) is 36.4 Å². The van der Waals surface area contributed by atoms with E-state index in [1.807, 2.05) is 0 Å². The Balaban J connectivity index is 2.52. The zero-order chi connectivity index (χ0) is 13.9. The Bertz CT molecular complexity index is 577. The monoisotopic (exact) mass is 262 g/mol. The summed E-state index contributed by atoms with van der Waals surface area (Å²) < 4.78 is 32.2. The fourth-order valence-corrected chi connectivity index (χ4v) is 1.86. The van der Waals surface area contributed by atoms with E-state index in [2.05, 4.69) is 0 Å². The van der Waals surface area contributed by atoms with Crippen LogP contribution < -0.4 is 4.74 Å². The van der Waals surface area contributed by atoms with Crippen LogP contribution in [0, 0.1) is 0 Å². The normalized spacial score (nSPS) is 11.1. The fourth-order valence-electron chi connectivity index (χ4n) is 1.86. The van der Waals surface area contributed by atoms with Gasteiger partial charge in [0.1, 0.15) is 5.75 Å². The molecule has 0 aliphatic carbocycles. The molecule has 2 aromatic rings. The number of hydrogen-bond donors (Lipinski definition) is 0. The van der Waals surface area contributed by atoms with E-state index in [0.717, 1.165) is 0 Å². The highest BCUT2D eigenvalue weighted by atomic mass is 19.3. The average Bonchev–Trinajstić information content (AvgIpc) is 2.47. The Morgan fingerprint density at radius 2 is 1.68 bits per heavy atom. The first-order valence-electron chi connectivity index (χ1n) is 5.66. The van der Waals surface area contributed by atoms with E-state index < -0.39 is 5.92 Å². The number of carbonyl (C=O) groups is 1. The number of alkyl halides is 2. The summed E-state index contributed by atoms with van der Waals surface area (Å²) in [5.41, 5.74) is 0.648. The van der Waals surface area contributed by atoms with Crippen molar-refractivity contribution in [2.75, 3.05) is 7.11 Å². The van der Waals surface area contributed by atoms with Gasteiger partial charge in [0.25, 0.3) is 0 Å². The van der Waals surface area contributed by atoms with Crippen LogP contribution in [0.1, 0.15) is 5.56 Å². The Hall–Kier alpha value is -2.23. The van der Waals surface area contributed by atoms with Crippen LogP contribution in [0.3, 0.4) is 0 Å². The lowest BCUT2D eigenvalue weighted by Gasteiger charge is -2.15. The molecule has 0 fully saturated rings. The SMILES string of the molecule is COc1ccc(-c2ccccc2C(F)(F)C=O)cc1. The first kappa shape index (κ1) is 13.2. The summed E-state index contributed by atoms with van der Waals surface area (Å²) >= 11 is 0. The van der Waals surface area contributed by atoms with Crippen molar-refractivity contribution in [2.24, 2.45) is 0 Å². The third-order valence-corrected chi connectivity index (χ3v) is 2.84. The summed E-state index contributed by atoms with van der Waals surface area (Å²) in [7, 11) is 1.53. The molecule has 2 rings (SSSR count). The zero-order valence-electron chi connectivity index (χ0n) is 10.3. The molecular formula is C15H12F2O2. The molecule has 2 aromatic carbocycles. The van der Waals surface area contributed by atoms with Crippen molar-refractivity contribution >= 4 is 6.29 Å². The Kier molecular flexibility index (Phi) is 3.60. The smallest absolute Gasteiger partial charge is 0.328 e. The minimum absolute atomic E-state index is 0.296. The summed E-state index contributed by atoms with van der Waals surface area (Å²) in [6, 6.07) is 12.7. The summed E-state index contributed by atoms with van der Waals surface area (Å²) in [6.07, 6.45) is -0.338. The van der Waals surface area contributed by atoms with Crippen molar-refractivity contribution in [3.63, 3.8) is 0 Å². The van der Waals surface area contributed by atoms with Crippen LogP contribution in [-0.2, 0) is 10.7 Å². The quantitative estimate of drug-likeness (QED) is 0.786. The largest absolute Gasteiger partial charge is 0.497 e. The number of benzene rings is 2. The van der Waals surface area contributed by atoms with Crippen LogP contribution in [0.5, 0.6) is 5.75 Å². The topological polar surface area (TPSA) is 26.3 Å². The molecule has 4 heteroatoms. The van der Waals surface area contributed by atoms with Gasteiger partial charge in [-0.05, 0) is 23.3 Å². The molecule has 0 saturated carbocycles. The van der Waals surface area contributed by atoms with Gasteiger partial charge in [-0.25, -0.2) is 0 Å². The van der Waals surface area contributed by atoms with Crippen molar-refractivity contribution < 1.29 is 18.3 Å². The molecule has 0 amide bonds. The predicted octanol–water partition coefficient (Wildman–Crippen LogP) is 3.65. The molecule has 0 aromatic heterocycles. The summed E-state index contributed by atoms with van der Waals surface area (Å²) in [4.78, 5) is 10.5. The van der Waals surface area contributed by atoms with Gasteiger partial charge in [-0.2, -0.15) is 8.78 Å². The number of methoxy groups -OCH3 is 1. The van der Waals surface area contributed by atoms with E-state index >= 15 is 0 Å². The highest BCUT2D eigenvalue weighted by Gasteiger charge is 2.33. The van der Waals surface area contributed by atoms with Crippen LogP contribution >= 0.6 is 0 Å². The van der Waals surface area contributed by atoms with Crippen molar-refractivity contribution in [1.82, 2.24) is 0 Å². The number of aldehydes is 1. The van der Waals surface area contributed by atoms with E-state index in [-0.39, 0.29) is 11.8 Å². The molecule has 0 unspecified atom stereocenters. The van der Waals surface area contributed by atoms with E-state index in [1.165, 1.54) is 19.2 Å². The molecule has 19 heavy (non-hydrogen) atoms. The Morgan fingerprint density at radius 1 is 1.05 bits per heavy atom. The van der Waals surface area contributed by atoms with Gasteiger partial charge in [-0.3, -0.25) is 4.79 Å². The minimum Gasteiger partial charge on any atom is -0.497 e. The number of halogens is 2. The molecule has 0 saturated heterocycles.